The zero-order valence-electron chi connectivity index (χ0n) is 22.9. The second kappa shape index (κ2) is 12.4. The van der Waals surface area contributed by atoms with Crippen molar-refractivity contribution in [1.82, 2.24) is 25.1 Å². The number of carbonyl (C=O) groups excluding carboxylic acids is 1. The minimum absolute atomic E-state index is 0.0242. The number of rotatable bonds is 10. The van der Waals surface area contributed by atoms with Crippen LogP contribution in [0.2, 0.25) is 0 Å². The average Bonchev–Trinajstić information content (AvgIpc) is 3.31. The molecule has 1 amide bonds. The molecule has 2 heterocycles. The summed E-state index contributed by atoms with van der Waals surface area (Å²) in [5, 5.41) is 13.9. The van der Waals surface area contributed by atoms with Crippen LogP contribution < -0.4 is 5.32 Å². The Hall–Kier alpha value is -4.49. The van der Waals surface area contributed by atoms with Gasteiger partial charge < -0.3 is 9.88 Å². The molecule has 0 spiro atoms. The Morgan fingerprint density at radius 2 is 1.56 bits per heavy atom. The van der Waals surface area contributed by atoms with Crippen LogP contribution in [0.25, 0.3) is 22.1 Å². The third kappa shape index (κ3) is 6.15. The Kier molecular flexibility index (Phi) is 8.05. The topological polar surface area (TPSA) is 72.7 Å². The fraction of sp³-hybridized carbons (Fsp3) is 0.176. The van der Waals surface area contributed by atoms with E-state index in [1.807, 2.05) is 72.8 Å². The van der Waals surface area contributed by atoms with Crippen LogP contribution in [0.15, 0.2) is 114 Å². The molecule has 0 saturated heterocycles. The predicted molar refractivity (Wildman–Crippen MR) is 166 cm³/mol. The van der Waals surface area contributed by atoms with Crippen molar-refractivity contribution in [1.29, 1.82) is 0 Å². The number of thioether (sulfide) groups is 1. The van der Waals surface area contributed by atoms with Gasteiger partial charge in [0, 0.05) is 24.1 Å². The van der Waals surface area contributed by atoms with Crippen molar-refractivity contribution in [2.24, 2.45) is 0 Å². The van der Waals surface area contributed by atoms with E-state index in [0.29, 0.717) is 24.5 Å². The quantitative estimate of drug-likeness (QED) is 0.143. The van der Waals surface area contributed by atoms with E-state index in [9.17, 15) is 4.79 Å². The standard InChI is InChI=1S/C34H31N5OS/c1-24-12-10-13-25(22-24)23-39-29-19-9-8-18-28(29)32-33(39)36-34(38-37-32)41-21-11-20-30(40)35-31(26-14-4-2-5-15-26)27-16-6-3-7-17-27/h2-10,12-19,22,31H,11,20-21,23H2,1H3,(H,35,40). The minimum Gasteiger partial charge on any atom is -0.345 e. The van der Waals surface area contributed by atoms with Gasteiger partial charge in [-0.3, -0.25) is 4.79 Å². The highest BCUT2D eigenvalue weighted by Gasteiger charge is 2.17. The first-order valence-electron chi connectivity index (χ1n) is 13.8. The molecule has 0 aliphatic heterocycles. The van der Waals surface area contributed by atoms with Gasteiger partial charge >= 0.3 is 0 Å². The van der Waals surface area contributed by atoms with E-state index in [1.165, 1.54) is 22.9 Å². The summed E-state index contributed by atoms with van der Waals surface area (Å²) in [6.07, 6.45) is 1.13. The van der Waals surface area contributed by atoms with Crippen molar-refractivity contribution in [3.8, 4) is 0 Å². The highest BCUT2D eigenvalue weighted by atomic mass is 32.2. The Labute approximate surface area is 243 Å². The molecule has 2 aromatic heterocycles. The largest absolute Gasteiger partial charge is 0.345 e. The van der Waals surface area contributed by atoms with Gasteiger partial charge in [-0.1, -0.05) is 120 Å². The molecule has 4 aromatic carbocycles. The summed E-state index contributed by atoms with van der Waals surface area (Å²) in [5.41, 5.74) is 7.31. The lowest BCUT2D eigenvalue weighted by atomic mass is 9.98. The summed E-state index contributed by atoms with van der Waals surface area (Å²) in [6.45, 7) is 2.82. The smallest absolute Gasteiger partial charge is 0.220 e. The maximum absolute atomic E-state index is 13.0. The van der Waals surface area contributed by atoms with Gasteiger partial charge in [0.1, 0.15) is 5.52 Å². The van der Waals surface area contributed by atoms with Gasteiger partial charge in [-0.25, -0.2) is 4.98 Å². The maximum Gasteiger partial charge on any atom is 0.220 e. The third-order valence-electron chi connectivity index (χ3n) is 7.13. The Bertz CT molecular complexity index is 1750. The zero-order chi connectivity index (χ0) is 28.0. The van der Waals surface area contributed by atoms with E-state index in [2.05, 4.69) is 63.4 Å². The van der Waals surface area contributed by atoms with Crippen LogP contribution in [0.3, 0.4) is 0 Å². The van der Waals surface area contributed by atoms with Gasteiger partial charge in [0.25, 0.3) is 0 Å². The Morgan fingerprint density at radius 3 is 2.29 bits per heavy atom. The summed E-state index contributed by atoms with van der Waals surface area (Å²) in [4.78, 5) is 17.9. The molecule has 204 valence electrons. The van der Waals surface area contributed by atoms with Gasteiger partial charge in [0.05, 0.1) is 11.6 Å². The Balaban J connectivity index is 1.13. The first-order chi connectivity index (χ1) is 20.2. The molecule has 1 N–H and O–H groups in total. The van der Waals surface area contributed by atoms with E-state index in [4.69, 9.17) is 4.98 Å². The number of para-hydroxylation sites is 1. The number of hydrogen-bond acceptors (Lipinski definition) is 5. The van der Waals surface area contributed by atoms with Crippen molar-refractivity contribution >= 4 is 39.7 Å². The number of amides is 1. The number of fused-ring (bicyclic) bond motifs is 3. The average molecular weight is 558 g/mol. The minimum atomic E-state index is -0.178. The van der Waals surface area contributed by atoms with Crippen LogP contribution in [0.5, 0.6) is 0 Å². The molecular weight excluding hydrogens is 526 g/mol. The number of carbonyl (C=O) groups is 1. The number of nitrogens with one attached hydrogen (secondary N) is 1. The summed E-state index contributed by atoms with van der Waals surface area (Å²) in [5.74, 6) is 0.746. The van der Waals surface area contributed by atoms with Crippen LogP contribution in [-0.4, -0.2) is 31.4 Å². The summed E-state index contributed by atoms with van der Waals surface area (Å²) in [6, 6.07) is 36.8. The van der Waals surface area contributed by atoms with Gasteiger partial charge in [-0.15, -0.1) is 10.2 Å². The zero-order valence-corrected chi connectivity index (χ0v) is 23.7. The lowest BCUT2D eigenvalue weighted by Crippen LogP contribution is -2.29. The second-order valence-corrected chi connectivity index (χ2v) is 11.2. The molecular formula is C34H31N5OS. The van der Waals surface area contributed by atoms with E-state index in [-0.39, 0.29) is 11.9 Å². The highest BCUT2D eigenvalue weighted by Crippen LogP contribution is 2.28. The van der Waals surface area contributed by atoms with Crippen molar-refractivity contribution in [3.05, 3.63) is 131 Å². The summed E-state index contributed by atoms with van der Waals surface area (Å²) in [7, 11) is 0. The van der Waals surface area contributed by atoms with Crippen LogP contribution in [0.1, 0.15) is 41.1 Å². The van der Waals surface area contributed by atoms with Crippen LogP contribution >= 0.6 is 11.8 Å². The van der Waals surface area contributed by atoms with E-state index >= 15 is 0 Å². The van der Waals surface area contributed by atoms with Gasteiger partial charge in [-0.05, 0) is 36.1 Å². The fourth-order valence-corrected chi connectivity index (χ4v) is 5.90. The molecule has 0 aliphatic rings. The number of aromatic nitrogens is 4. The van der Waals surface area contributed by atoms with Gasteiger partial charge in [0.15, 0.2) is 5.65 Å². The number of nitrogens with zero attached hydrogens (tertiary/aromatic N) is 4. The summed E-state index contributed by atoms with van der Waals surface area (Å²) < 4.78 is 2.22. The fourth-order valence-electron chi connectivity index (χ4n) is 5.18. The van der Waals surface area contributed by atoms with Gasteiger partial charge in [-0.2, -0.15) is 0 Å². The van der Waals surface area contributed by atoms with Crippen molar-refractivity contribution in [3.63, 3.8) is 0 Å². The molecule has 0 atom stereocenters. The SMILES string of the molecule is Cc1cccc(Cn2c3ccccc3c3nnc(SCCCC(=O)NC(c4ccccc4)c4ccccc4)nc32)c1. The van der Waals surface area contributed by atoms with Crippen molar-refractivity contribution in [2.75, 3.05) is 5.75 Å². The monoisotopic (exact) mass is 557 g/mol. The second-order valence-electron chi connectivity index (χ2n) is 10.1. The van der Waals surface area contributed by atoms with Gasteiger partial charge in [0.2, 0.25) is 11.1 Å². The molecule has 0 radical (unpaired) electrons. The van der Waals surface area contributed by atoms with E-state index in [0.717, 1.165) is 38.9 Å². The molecule has 0 aliphatic carbocycles. The molecule has 6 aromatic rings. The van der Waals surface area contributed by atoms with E-state index in [1.54, 1.807) is 0 Å². The van der Waals surface area contributed by atoms with Crippen LogP contribution in [0.4, 0.5) is 0 Å². The maximum atomic E-state index is 13.0. The van der Waals surface area contributed by atoms with Crippen LogP contribution in [-0.2, 0) is 11.3 Å². The third-order valence-corrected chi connectivity index (χ3v) is 8.05. The number of aryl methyl sites for hydroxylation is 1. The predicted octanol–water partition coefficient (Wildman–Crippen LogP) is 7.11. The Morgan fingerprint density at radius 1 is 0.854 bits per heavy atom. The first-order valence-corrected chi connectivity index (χ1v) is 14.8. The molecule has 41 heavy (non-hydrogen) atoms. The van der Waals surface area contributed by atoms with Crippen molar-refractivity contribution < 1.29 is 4.79 Å². The highest BCUT2D eigenvalue weighted by molar-refractivity contribution is 7.99. The number of benzene rings is 4. The molecule has 0 bridgehead atoms. The molecule has 7 heteroatoms. The molecule has 0 saturated carbocycles. The first kappa shape index (κ1) is 26.7. The normalized spacial score (nSPS) is 11.4. The lowest BCUT2D eigenvalue weighted by Gasteiger charge is -2.20. The molecule has 0 fully saturated rings. The molecule has 0 unspecified atom stereocenters. The lowest BCUT2D eigenvalue weighted by molar-refractivity contribution is -0.121. The van der Waals surface area contributed by atoms with Crippen LogP contribution in [0, 0.1) is 6.92 Å². The summed E-state index contributed by atoms with van der Waals surface area (Å²) >= 11 is 1.54. The van der Waals surface area contributed by atoms with Crippen molar-refractivity contribution in [2.45, 2.75) is 37.5 Å². The molecule has 6 nitrogen and oxygen atoms in total. The molecule has 6 rings (SSSR count). The number of hydrogen-bond donors (Lipinski definition) is 1. The van der Waals surface area contributed by atoms with E-state index < -0.39 is 0 Å².